The largest absolute Gasteiger partial charge is 0.352 e. The molecule has 2 aromatic rings. The number of benzene rings is 2. The average Bonchev–Trinajstić information content (AvgIpc) is 3.22. The molecule has 7 nitrogen and oxygen atoms in total. The molecule has 0 aliphatic carbocycles. The van der Waals surface area contributed by atoms with Gasteiger partial charge in [-0.25, -0.2) is 0 Å². The molecule has 0 spiro atoms. The lowest BCUT2D eigenvalue weighted by Gasteiger charge is -2.15. The summed E-state index contributed by atoms with van der Waals surface area (Å²) in [5, 5.41) is 17.5. The molecular formula is C21H27N5O2. The Bertz CT molecular complexity index is 814. The molecule has 0 amide bonds. The Kier molecular flexibility index (Phi) is 6.97. The SMILES string of the molecule is CN=C(NCc1ccc(CN2CCCC2)cc1)NCc1ccccc1[N+](=O)[O-]. The summed E-state index contributed by atoms with van der Waals surface area (Å²) < 4.78 is 0. The number of para-hydroxylation sites is 1. The van der Waals surface area contributed by atoms with Crippen LogP contribution in [-0.2, 0) is 19.6 Å². The molecule has 1 fully saturated rings. The second-order valence-electron chi connectivity index (χ2n) is 6.96. The van der Waals surface area contributed by atoms with Gasteiger partial charge in [-0.2, -0.15) is 0 Å². The zero-order valence-corrected chi connectivity index (χ0v) is 16.2. The van der Waals surface area contributed by atoms with Crippen LogP contribution in [0, 0.1) is 10.1 Å². The van der Waals surface area contributed by atoms with Crippen molar-refractivity contribution in [2.75, 3.05) is 20.1 Å². The molecule has 1 heterocycles. The second-order valence-corrected chi connectivity index (χ2v) is 6.96. The number of nitrogens with zero attached hydrogens (tertiary/aromatic N) is 3. The van der Waals surface area contributed by atoms with Gasteiger partial charge in [-0.15, -0.1) is 0 Å². The van der Waals surface area contributed by atoms with Gasteiger partial charge in [0.05, 0.1) is 4.92 Å². The number of nitrogens with one attached hydrogen (secondary N) is 2. The van der Waals surface area contributed by atoms with E-state index in [-0.39, 0.29) is 10.6 Å². The van der Waals surface area contributed by atoms with Gasteiger partial charge in [0.1, 0.15) is 0 Å². The number of aliphatic imine (C=N–C) groups is 1. The Hall–Kier alpha value is -2.93. The molecule has 0 radical (unpaired) electrons. The van der Waals surface area contributed by atoms with Crippen LogP contribution in [0.4, 0.5) is 5.69 Å². The summed E-state index contributed by atoms with van der Waals surface area (Å²) in [6.07, 6.45) is 2.61. The van der Waals surface area contributed by atoms with Crippen molar-refractivity contribution < 1.29 is 4.92 Å². The van der Waals surface area contributed by atoms with Crippen LogP contribution in [0.5, 0.6) is 0 Å². The lowest BCUT2D eigenvalue weighted by molar-refractivity contribution is -0.385. The van der Waals surface area contributed by atoms with Gasteiger partial charge in [0, 0.05) is 38.3 Å². The van der Waals surface area contributed by atoms with E-state index in [2.05, 4.69) is 44.8 Å². The Balaban J connectivity index is 1.49. The number of nitro groups is 1. The van der Waals surface area contributed by atoms with E-state index in [1.54, 1.807) is 25.2 Å². The molecule has 3 rings (SSSR count). The topological polar surface area (TPSA) is 82.8 Å². The number of guanidine groups is 1. The highest BCUT2D eigenvalue weighted by Gasteiger charge is 2.13. The standard InChI is InChI=1S/C21H27N5O2/c1-22-21(24-15-19-6-2-3-7-20(19)26(27)28)23-14-17-8-10-18(11-9-17)16-25-12-4-5-13-25/h2-3,6-11H,4-5,12-16H2,1H3,(H2,22,23,24). The fraction of sp³-hybridized carbons (Fsp3) is 0.381. The van der Waals surface area contributed by atoms with Crippen LogP contribution >= 0.6 is 0 Å². The summed E-state index contributed by atoms with van der Waals surface area (Å²) in [5.74, 6) is 0.610. The van der Waals surface area contributed by atoms with Crippen molar-refractivity contribution in [2.24, 2.45) is 4.99 Å². The summed E-state index contributed by atoms with van der Waals surface area (Å²) in [6, 6.07) is 15.3. The first-order valence-electron chi connectivity index (χ1n) is 9.62. The Labute approximate surface area is 165 Å². The van der Waals surface area contributed by atoms with E-state index < -0.39 is 0 Å². The molecule has 0 aromatic heterocycles. The normalized spacial score (nSPS) is 14.8. The van der Waals surface area contributed by atoms with Crippen molar-refractivity contribution in [2.45, 2.75) is 32.5 Å². The zero-order valence-electron chi connectivity index (χ0n) is 16.2. The quantitative estimate of drug-likeness (QED) is 0.333. The lowest BCUT2D eigenvalue weighted by atomic mass is 10.1. The molecule has 148 valence electrons. The molecule has 0 saturated carbocycles. The summed E-state index contributed by atoms with van der Waals surface area (Å²) >= 11 is 0. The summed E-state index contributed by atoms with van der Waals surface area (Å²) in [7, 11) is 1.69. The van der Waals surface area contributed by atoms with Crippen molar-refractivity contribution in [3.05, 3.63) is 75.3 Å². The highest BCUT2D eigenvalue weighted by molar-refractivity contribution is 5.79. The maximum atomic E-state index is 11.1. The number of likely N-dealkylation sites (tertiary alicyclic amines) is 1. The number of hydrogen-bond acceptors (Lipinski definition) is 4. The van der Waals surface area contributed by atoms with E-state index in [1.165, 1.54) is 43.1 Å². The molecule has 1 aliphatic rings. The minimum atomic E-state index is -0.364. The summed E-state index contributed by atoms with van der Waals surface area (Å²) in [6.45, 7) is 4.40. The lowest BCUT2D eigenvalue weighted by Crippen LogP contribution is -2.36. The van der Waals surface area contributed by atoms with E-state index in [0.717, 1.165) is 6.54 Å². The maximum absolute atomic E-state index is 11.1. The number of nitro benzene ring substituents is 1. The minimum absolute atomic E-state index is 0.110. The summed E-state index contributed by atoms with van der Waals surface area (Å²) in [4.78, 5) is 17.4. The third kappa shape index (κ3) is 5.53. The highest BCUT2D eigenvalue weighted by atomic mass is 16.6. The first-order chi connectivity index (χ1) is 13.7. The Morgan fingerprint density at radius 1 is 1.04 bits per heavy atom. The van der Waals surface area contributed by atoms with Gasteiger partial charge in [0.2, 0.25) is 0 Å². The Morgan fingerprint density at radius 2 is 1.68 bits per heavy atom. The first kappa shape index (κ1) is 19.8. The van der Waals surface area contributed by atoms with Crippen LogP contribution in [0.1, 0.15) is 29.5 Å². The van der Waals surface area contributed by atoms with Gasteiger partial charge in [0.15, 0.2) is 5.96 Å². The monoisotopic (exact) mass is 381 g/mol. The van der Waals surface area contributed by atoms with Crippen LogP contribution in [0.25, 0.3) is 0 Å². The number of rotatable bonds is 7. The van der Waals surface area contributed by atoms with Crippen molar-refractivity contribution in [3.63, 3.8) is 0 Å². The van der Waals surface area contributed by atoms with Gasteiger partial charge < -0.3 is 10.6 Å². The van der Waals surface area contributed by atoms with Gasteiger partial charge in [0.25, 0.3) is 5.69 Å². The molecule has 0 unspecified atom stereocenters. The smallest absolute Gasteiger partial charge is 0.274 e. The van der Waals surface area contributed by atoms with Crippen LogP contribution in [0.15, 0.2) is 53.5 Å². The predicted octanol–water partition coefficient (Wildman–Crippen LogP) is 3.06. The average molecular weight is 381 g/mol. The molecule has 1 aliphatic heterocycles. The van der Waals surface area contributed by atoms with E-state index in [0.29, 0.717) is 24.6 Å². The van der Waals surface area contributed by atoms with Gasteiger partial charge in [-0.3, -0.25) is 20.0 Å². The molecule has 2 N–H and O–H groups in total. The fourth-order valence-electron chi connectivity index (χ4n) is 3.39. The molecule has 28 heavy (non-hydrogen) atoms. The van der Waals surface area contributed by atoms with E-state index in [1.807, 2.05) is 0 Å². The third-order valence-electron chi connectivity index (χ3n) is 4.95. The van der Waals surface area contributed by atoms with Gasteiger partial charge in [-0.1, -0.05) is 42.5 Å². The molecule has 0 atom stereocenters. The predicted molar refractivity (Wildman–Crippen MR) is 111 cm³/mol. The van der Waals surface area contributed by atoms with Crippen LogP contribution in [0.3, 0.4) is 0 Å². The third-order valence-corrected chi connectivity index (χ3v) is 4.95. The summed E-state index contributed by atoms with van der Waals surface area (Å²) in [5.41, 5.74) is 3.24. The first-order valence-corrected chi connectivity index (χ1v) is 9.62. The maximum Gasteiger partial charge on any atom is 0.274 e. The fourth-order valence-corrected chi connectivity index (χ4v) is 3.39. The molecule has 7 heteroatoms. The molecule has 0 bridgehead atoms. The van der Waals surface area contributed by atoms with E-state index in [9.17, 15) is 10.1 Å². The van der Waals surface area contributed by atoms with Crippen LogP contribution < -0.4 is 10.6 Å². The van der Waals surface area contributed by atoms with Crippen molar-refractivity contribution >= 4 is 11.6 Å². The van der Waals surface area contributed by atoms with Crippen molar-refractivity contribution in [1.82, 2.24) is 15.5 Å². The zero-order chi connectivity index (χ0) is 19.8. The minimum Gasteiger partial charge on any atom is -0.352 e. The van der Waals surface area contributed by atoms with Gasteiger partial charge in [-0.05, 0) is 37.1 Å². The molecular weight excluding hydrogens is 354 g/mol. The second kappa shape index (κ2) is 9.85. The van der Waals surface area contributed by atoms with Gasteiger partial charge >= 0.3 is 0 Å². The van der Waals surface area contributed by atoms with Crippen molar-refractivity contribution in [3.8, 4) is 0 Å². The highest BCUT2D eigenvalue weighted by Crippen LogP contribution is 2.17. The molecule has 2 aromatic carbocycles. The van der Waals surface area contributed by atoms with Crippen LogP contribution in [0.2, 0.25) is 0 Å². The van der Waals surface area contributed by atoms with Crippen molar-refractivity contribution in [1.29, 1.82) is 0 Å². The van der Waals surface area contributed by atoms with Crippen LogP contribution in [-0.4, -0.2) is 35.9 Å². The molecule has 1 saturated heterocycles. The van der Waals surface area contributed by atoms with E-state index >= 15 is 0 Å². The van der Waals surface area contributed by atoms with E-state index in [4.69, 9.17) is 0 Å². The Morgan fingerprint density at radius 3 is 2.36 bits per heavy atom. The number of hydrogen-bond donors (Lipinski definition) is 2.